The predicted octanol–water partition coefficient (Wildman–Crippen LogP) is 2.70. The fraction of sp³-hybridized carbons (Fsp3) is 0.400. The van der Waals surface area contributed by atoms with E-state index in [1.807, 2.05) is 13.8 Å². The second kappa shape index (κ2) is 4.30. The first-order chi connectivity index (χ1) is 6.54. The third-order valence-corrected chi connectivity index (χ3v) is 1.80. The lowest BCUT2D eigenvalue weighted by atomic mass is 10.2. The quantitative estimate of drug-likeness (QED) is 0.705. The molecule has 0 aliphatic carbocycles. The van der Waals surface area contributed by atoms with Crippen LogP contribution in [-0.4, -0.2) is 11.1 Å². The highest BCUT2D eigenvalue weighted by Crippen LogP contribution is 2.23. The Labute approximate surface area is 88.3 Å². The lowest BCUT2D eigenvalue weighted by molar-refractivity contribution is 0.232. The van der Waals surface area contributed by atoms with Gasteiger partial charge in [0.1, 0.15) is 16.8 Å². The molecule has 3 nitrogen and oxygen atoms in total. The Bertz CT molecular complexity index is 382. The molecule has 0 aromatic carbocycles. The van der Waals surface area contributed by atoms with Gasteiger partial charge in [-0.15, -0.1) is 0 Å². The van der Waals surface area contributed by atoms with E-state index < -0.39 is 0 Å². The van der Waals surface area contributed by atoms with Gasteiger partial charge in [0, 0.05) is 0 Å². The van der Waals surface area contributed by atoms with Crippen LogP contribution >= 0.6 is 11.6 Å². The van der Waals surface area contributed by atoms with Gasteiger partial charge in [-0.05, 0) is 32.4 Å². The number of nitriles is 1. The largest absolute Gasteiger partial charge is 0.474 e. The molecule has 0 radical (unpaired) electrons. The van der Waals surface area contributed by atoms with Crippen LogP contribution in [0.1, 0.15) is 25.0 Å². The lowest BCUT2D eigenvalue weighted by Crippen LogP contribution is -2.09. The number of aryl methyl sites for hydroxylation is 1. The molecule has 0 saturated heterocycles. The van der Waals surface area contributed by atoms with Crippen LogP contribution in [0.5, 0.6) is 5.88 Å². The molecule has 1 heterocycles. The van der Waals surface area contributed by atoms with E-state index in [9.17, 15) is 0 Å². The molecule has 14 heavy (non-hydrogen) atoms. The number of ether oxygens (including phenoxy) is 1. The molecule has 0 aliphatic rings. The molecule has 1 aromatic rings. The zero-order valence-corrected chi connectivity index (χ0v) is 9.09. The Kier molecular flexibility index (Phi) is 3.32. The molecule has 0 N–H and O–H groups in total. The summed E-state index contributed by atoms with van der Waals surface area (Å²) in [4.78, 5) is 3.97. The fourth-order valence-electron chi connectivity index (χ4n) is 1.05. The van der Waals surface area contributed by atoms with Crippen molar-refractivity contribution < 1.29 is 4.74 Å². The number of rotatable bonds is 2. The summed E-state index contributed by atoms with van der Waals surface area (Å²) in [5.41, 5.74) is 1.23. The van der Waals surface area contributed by atoms with Gasteiger partial charge >= 0.3 is 0 Å². The van der Waals surface area contributed by atoms with E-state index in [0.29, 0.717) is 16.6 Å². The highest BCUT2D eigenvalue weighted by molar-refractivity contribution is 6.29. The number of halogens is 1. The van der Waals surface area contributed by atoms with Crippen molar-refractivity contribution in [2.75, 3.05) is 0 Å². The van der Waals surface area contributed by atoms with Crippen LogP contribution in [0, 0.1) is 18.3 Å². The molecule has 0 fully saturated rings. The van der Waals surface area contributed by atoms with Crippen LogP contribution < -0.4 is 4.74 Å². The van der Waals surface area contributed by atoms with Gasteiger partial charge in [0.2, 0.25) is 5.88 Å². The zero-order valence-electron chi connectivity index (χ0n) is 8.34. The topological polar surface area (TPSA) is 45.9 Å². The first-order valence-corrected chi connectivity index (χ1v) is 4.66. The monoisotopic (exact) mass is 210 g/mol. The Hall–Kier alpha value is -1.27. The first-order valence-electron chi connectivity index (χ1n) is 4.28. The molecule has 0 unspecified atom stereocenters. The number of pyridine rings is 1. The zero-order chi connectivity index (χ0) is 10.7. The van der Waals surface area contributed by atoms with Gasteiger partial charge in [-0.25, -0.2) is 4.98 Å². The van der Waals surface area contributed by atoms with Crippen molar-refractivity contribution in [2.24, 2.45) is 0 Å². The van der Waals surface area contributed by atoms with Crippen LogP contribution in [0.2, 0.25) is 5.15 Å². The molecule has 0 amide bonds. The van der Waals surface area contributed by atoms with Gasteiger partial charge in [0.15, 0.2) is 0 Å². The SMILES string of the molecule is Cc1cc(Cl)nc(OC(C)C)c1C#N. The van der Waals surface area contributed by atoms with E-state index in [1.54, 1.807) is 13.0 Å². The molecule has 0 aliphatic heterocycles. The van der Waals surface area contributed by atoms with E-state index in [4.69, 9.17) is 21.6 Å². The van der Waals surface area contributed by atoms with Crippen molar-refractivity contribution in [3.05, 3.63) is 22.3 Å². The summed E-state index contributed by atoms with van der Waals surface area (Å²) in [6.07, 6.45) is -0.0209. The molecule has 1 rings (SSSR count). The molecule has 0 spiro atoms. The standard InChI is InChI=1S/C10H11ClN2O/c1-6(2)14-10-8(5-12)7(3)4-9(11)13-10/h4,6H,1-3H3. The lowest BCUT2D eigenvalue weighted by Gasteiger charge is -2.11. The minimum absolute atomic E-state index is 0.0209. The van der Waals surface area contributed by atoms with Crippen molar-refractivity contribution in [3.63, 3.8) is 0 Å². The third-order valence-electron chi connectivity index (χ3n) is 1.61. The molecular formula is C10H11ClN2O. The van der Waals surface area contributed by atoms with E-state index in [1.165, 1.54) is 0 Å². The number of hydrogen-bond acceptors (Lipinski definition) is 3. The number of hydrogen-bond donors (Lipinski definition) is 0. The van der Waals surface area contributed by atoms with Crippen LogP contribution in [0.4, 0.5) is 0 Å². The maximum atomic E-state index is 8.89. The summed E-state index contributed by atoms with van der Waals surface area (Å²) in [6.45, 7) is 5.55. The third kappa shape index (κ3) is 2.36. The highest BCUT2D eigenvalue weighted by Gasteiger charge is 2.11. The minimum Gasteiger partial charge on any atom is -0.474 e. The van der Waals surface area contributed by atoms with Crippen LogP contribution in [-0.2, 0) is 0 Å². The summed E-state index contributed by atoms with van der Waals surface area (Å²) >= 11 is 5.76. The van der Waals surface area contributed by atoms with Gasteiger partial charge in [-0.1, -0.05) is 11.6 Å². The summed E-state index contributed by atoms with van der Waals surface area (Å²) < 4.78 is 5.38. The Morgan fingerprint density at radius 1 is 1.57 bits per heavy atom. The summed E-state index contributed by atoms with van der Waals surface area (Å²) in [7, 11) is 0. The average molecular weight is 211 g/mol. The molecule has 0 atom stereocenters. The number of nitrogens with zero attached hydrogens (tertiary/aromatic N) is 2. The smallest absolute Gasteiger partial charge is 0.233 e. The van der Waals surface area contributed by atoms with E-state index in [-0.39, 0.29) is 6.10 Å². The second-order valence-corrected chi connectivity index (χ2v) is 3.61. The average Bonchev–Trinajstić information content (AvgIpc) is 2.01. The van der Waals surface area contributed by atoms with Crippen LogP contribution in [0.3, 0.4) is 0 Å². The normalized spacial score (nSPS) is 10.0. The van der Waals surface area contributed by atoms with Crippen molar-refractivity contribution in [3.8, 4) is 11.9 Å². The molecular weight excluding hydrogens is 200 g/mol. The first kappa shape index (κ1) is 10.8. The molecule has 0 saturated carbocycles. The van der Waals surface area contributed by atoms with Crippen LogP contribution in [0.15, 0.2) is 6.07 Å². The molecule has 0 bridgehead atoms. The van der Waals surface area contributed by atoms with E-state index in [0.717, 1.165) is 5.56 Å². The summed E-state index contributed by atoms with van der Waals surface area (Å²) in [5, 5.41) is 9.23. The highest BCUT2D eigenvalue weighted by atomic mass is 35.5. The Morgan fingerprint density at radius 2 is 2.21 bits per heavy atom. The fourth-order valence-corrected chi connectivity index (χ4v) is 1.29. The van der Waals surface area contributed by atoms with Gasteiger partial charge in [0.25, 0.3) is 0 Å². The second-order valence-electron chi connectivity index (χ2n) is 3.22. The van der Waals surface area contributed by atoms with Crippen molar-refractivity contribution >= 4 is 11.6 Å². The van der Waals surface area contributed by atoms with Crippen molar-refractivity contribution in [1.29, 1.82) is 5.26 Å². The van der Waals surface area contributed by atoms with Crippen molar-refractivity contribution in [1.82, 2.24) is 4.98 Å². The van der Waals surface area contributed by atoms with Gasteiger partial charge in [0.05, 0.1) is 6.10 Å². The Morgan fingerprint density at radius 3 is 2.71 bits per heavy atom. The van der Waals surface area contributed by atoms with Gasteiger partial charge in [-0.2, -0.15) is 5.26 Å². The summed E-state index contributed by atoms with van der Waals surface area (Å²) in [5.74, 6) is 0.313. The van der Waals surface area contributed by atoms with Gasteiger partial charge < -0.3 is 4.74 Å². The maximum Gasteiger partial charge on any atom is 0.233 e. The Balaban J connectivity index is 3.20. The molecule has 4 heteroatoms. The summed E-state index contributed by atoms with van der Waals surface area (Å²) in [6, 6.07) is 3.70. The molecule has 1 aromatic heterocycles. The minimum atomic E-state index is -0.0209. The predicted molar refractivity (Wildman–Crippen MR) is 54.5 cm³/mol. The number of aromatic nitrogens is 1. The van der Waals surface area contributed by atoms with E-state index in [2.05, 4.69) is 11.1 Å². The van der Waals surface area contributed by atoms with Gasteiger partial charge in [-0.3, -0.25) is 0 Å². The van der Waals surface area contributed by atoms with Crippen LogP contribution in [0.25, 0.3) is 0 Å². The maximum absolute atomic E-state index is 8.89. The van der Waals surface area contributed by atoms with E-state index >= 15 is 0 Å². The van der Waals surface area contributed by atoms with Crippen molar-refractivity contribution in [2.45, 2.75) is 26.9 Å². The molecule has 74 valence electrons.